The molecule has 0 fully saturated rings. The average Bonchev–Trinajstić information content (AvgIpc) is 2.93. The van der Waals surface area contributed by atoms with Crippen molar-refractivity contribution in [3.8, 4) is 11.3 Å². The lowest BCUT2D eigenvalue weighted by molar-refractivity contribution is -0.384. The van der Waals surface area contributed by atoms with Crippen LogP contribution in [0, 0.1) is 17.0 Å². The van der Waals surface area contributed by atoms with Crippen LogP contribution in [0.4, 0.5) is 5.69 Å². The number of fused-ring (bicyclic) bond motifs is 1. The molecule has 24 heavy (non-hydrogen) atoms. The molecule has 0 aliphatic heterocycles. The lowest BCUT2D eigenvalue weighted by Gasteiger charge is -2.03. The molecule has 2 aromatic heterocycles. The van der Waals surface area contributed by atoms with Crippen LogP contribution < -0.4 is 0 Å². The number of non-ortho nitro benzene ring substituents is 1. The number of hydrogen-bond acceptors (Lipinski definition) is 4. The maximum Gasteiger partial charge on any atom is 0.328 e. The Labute approximate surface area is 136 Å². The molecule has 0 aliphatic carbocycles. The number of pyridine rings is 1. The quantitative estimate of drug-likeness (QED) is 0.451. The van der Waals surface area contributed by atoms with Crippen LogP contribution >= 0.6 is 0 Å². The van der Waals surface area contributed by atoms with Gasteiger partial charge >= 0.3 is 5.97 Å². The minimum Gasteiger partial charge on any atom is -0.478 e. The molecule has 7 nitrogen and oxygen atoms in total. The molecule has 0 unspecified atom stereocenters. The topological polar surface area (TPSA) is 97.7 Å². The van der Waals surface area contributed by atoms with Crippen molar-refractivity contribution in [2.24, 2.45) is 0 Å². The highest BCUT2D eigenvalue weighted by molar-refractivity contribution is 5.87. The van der Waals surface area contributed by atoms with E-state index in [0.29, 0.717) is 22.6 Å². The molecule has 0 spiro atoms. The monoisotopic (exact) mass is 323 g/mol. The van der Waals surface area contributed by atoms with E-state index in [0.717, 1.165) is 11.8 Å². The van der Waals surface area contributed by atoms with Gasteiger partial charge in [0.2, 0.25) is 0 Å². The van der Waals surface area contributed by atoms with Crippen LogP contribution in [0.1, 0.15) is 11.4 Å². The Hall–Kier alpha value is -3.48. The van der Waals surface area contributed by atoms with Crippen molar-refractivity contribution in [1.29, 1.82) is 0 Å². The van der Waals surface area contributed by atoms with Gasteiger partial charge in [0.1, 0.15) is 5.65 Å². The number of aryl methyl sites for hydroxylation is 1. The van der Waals surface area contributed by atoms with Gasteiger partial charge in [-0.2, -0.15) is 0 Å². The van der Waals surface area contributed by atoms with Crippen molar-refractivity contribution < 1.29 is 14.8 Å². The summed E-state index contributed by atoms with van der Waals surface area (Å²) < 4.78 is 1.84. The summed E-state index contributed by atoms with van der Waals surface area (Å²) in [6.07, 6.45) is 2.52. The highest BCUT2D eigenvalue weighted by atomic mass is 16.6. The molecule has 2 heterocycles. The number of aromatic nitrogens is 2. The number of benzene rings is 1. The molecule has 0 saturated carbocycles. The summed E-state index contributed by atoms with van der Waals surface area (Å²) in [5, 5.41) is 19.7. The minimum absolute atomic E-state index is 0.0127. The third-order valence-electron chi connectivity index (χ3n) is 3.61. The summed E-state index contributed by atoms with van der Waals surface area (Å²) in [4.78, 5) is 25.8. The van der Waals surface area contributed by atoms with E-state index in [4.69, 9.17) is 5.11 Å². The number of aliphatic carboxylic acids is 1. The van der Waals surface area contributed by atoms with Gasteiger partial charge < -0.3 is 5.11 Å². The van der Waals surface area contributed by atoms with Gasteiger partial charge in [-0.25, -0.2) is 9.78 Å². The number of carboxylic acid groups (broad SMARTS) is 1. The fraction of sp³-hybridized carbons (Fsp3) is 0.0588. The molecule has 3 rings (SSSR count). The highest BCUT2D eigenvalue weighted by Gasteiger charge is 2.15. The Kier molecular flexibility index (Phi) is 3.83. The standard InChI is InChI=1S/C17H13N3O4/c1-11-3-2-4-15-18-17(14(19(11)15)9-10-16(21)22)12-5-7-13(8-6-12)20(23)24/h2-10H,1H3,(H,21,22)/b10-9+. The number of carbonyl (C=O) groups is 1. The Morgan fingerprint density at radius 1 is 1.25 bits per heavy atom. The van der Waals surface area contributed by atoms with Crippen molar-refractivity contribution in [3.63, 3.8) is 0 Å². The van der Waals surface area contributed by atoms with Crippen molar-refractivity contribution >= 4 is 23.4 Å². The maximum absolute atomic E-state index is 10.9. The molecular formula is C17H13N3O4. The number of hydrogen-bond donors (Lipinski definition) is 1. The first-order valence-electron chi connectivity index (χ1n) is 7.11. The molecule has 120 valence electrons. The van der Waals surface area contributed by atoms with Gasteiger partial charge in [-0.3, -0.25) is 14.5 Å². The first-order chi connectivity index (χ1) is 11.5. The van der Waals surface area contributed by atoms with Crippen molar-refractivity contribution in [3.05, 3.63) is 70.0 Å². The Morgan fingerprint density at radius 2 is 1.96 bits per heavy atom. The van der Waals surface area contributed by atoms with E-state index in [1.807, 2.05) is 29.5 Å². The SMILES string of the molecule is Cc1cccc2nc(-c3ccc([N+](=O)[O-])cc3)c(/C=C/C(=O)O)n12. The second-order valence-electron chi connectivity index (χ2n) is 5.18. The number of nitro groups is 1. The summed E-state index contributed by atoms with van der Waals surface area (Å²) in [5.74, 6) is -1.06. The van der Waals surface area contributed by atoms with Gasteiger partial charge in [0.15, 0.2) is 0 Å². The second kappa shape index (κ2) is 5.96. The van der Waals surface area contributed by atoms with E-state index in [2.05, 4.69) is 4.98 Å². The minimum atomic E-state index is -1.06. The molecule has 3 aromatic rings. The summed E-state index contributed by atoms with van der Waals surface area (Å²) in [5.41, 5.74) is 3.41. The van der Waals surface area contributed by atoms with E-state index in [9.17, 15) is 14.9 Å². The third kappa shape index (κ3) is 2.74. The van der Waals surface area contributed by atoms with Crippen LogP contribution in [0.5, 0.6) is 0 Å². The van der Waals surface area contributed by atoms with Gasteiger partial charge in [-0.15, -0.1) is 0 Å². The summed E-state index contributed by atoms with van der Waals surface area (Å²) in [7, 11) is 0. The number of rotatable bonds is 4. The number of carboxylic acids is 1. The van der Waals surface area contributed by atoms with Crippen LogP contribution in [0.15, 0.2) is 48.5 Å². The molecule has 0 atom stereocenters. The lowest BCUT2D eigenvalue weighted by Crippen LogP contribution is -1.94. The van der Waals surface area contributed by atoms with E-state index in [1.165, 1.54) is 18.2 Å². The predicted molar refractivity (Wildman–Crippen MR) is 88.7 cm³/mol. The van der Waals surface area contributed by atoms with Gasteiger partial charge in [0.05, 0.1) is 16.3 Å². The fourth-order valence-electron chi connectivity index (χ4n) is 2.54. The van der Waals surface area contributed by atoms with E-state index in [-0.39, 0.29) is 5.69 Å². The predicted octanol–water partition coefficient (Wildman–Crippen LogP) is 3.32. The van der Waals surface area contributed by atoms with Crippen molar-refractivity contribution in [2.45, 2.75) is 6.92 Å². The van der Waals surface area contributed by atoms with Crippen molar-refractivity contribution in [1.82, 2.24) is 9.38 Å². The molecule has 1 N–H and O–H groups in total. The first-order valence-corrected chi connectivity index (χ1v) is 7.11. The lowest BCUT2D eigenvalue weighted by atomic mass is 10.1. The molecule has 0 bridgehead atoms. The fourth-order valence-corrected chi connectivity index (χ4v) is 2.54. The van der Waals surface area contributed by atoms with Crippen LogP contribution in [0.2, 0.25) is 0 Å². The molecule has 0 saturated heterocycles. The van der Waals surface area contributed by atoms with Crippen LogP contribution in [0.25, 0.3) is 23.0 Å². The number of nitrogens with zero attached hydrogens (tertiary/aromatic N) is 3. The van der Waals surface area contributed by atoms with Gasteiger partial charge in [0, 0.05) is 29.5 Å². The van der Waals surface area contributed by atoms with E-state index < -0.39 is 10.9 Å². The molecule has 0 aliphatic rings. The van der Waals surface area contributed by atoms with E-state index >= 15 is 0 Å². The zero-order valence-corrected chi connectivity index (χ0v) is 12.7. The summed E-state index contributed by atoms with van der Waals surface area (Å²) >= 11 is 0. The van der Waals surface area contributed by atoms with Gasteiger partial charge in [-0.1, -0.05) is 6.07 Å². The molecule has 7 heteroatoms. The van der Waals surface area contributed by atoms with Crippen LogP contribution in [-0.2, 0) is 4.79 Å². The van der Waals surface area contributed by atoms with Crippen molar-refractivity contribution in [2.75, 3.05) is 0 Å². The third-order valence-corrected chi connectivity index (χ3v) is 3.61. The summed E-state index contributed by atoms with van der Waals surface area (Å²) in [6.45, 7) is 1.90. The second-order valence-corrected chi connectivity index (χ2v) is 5.18. The molecule has 0 amide bonds. The van der Waals surface area contributed by atoms with Crippen LogP contribution in [0.3, 0.4) is 0 Å². The zero-order chi connectivity index (χ0) is 17.3. The molecule has 0 radical (unpaired) electrons. The zero-order valence-electron chi connectivity index (χ0n) is 12.7. The maximum atomic E-state index is 10.9. The molecule has 1 aromatic carbocycles. The van der Waals surface area contributed by atoms with E-state index in [1.54, 1.807) is 12.1 Å². The molecular weight excluding hydrogens is 310 g/mol. The number of nitro benzene ring substituents is 1. The Morgan fingerprint density at radius 3 is 2.58 bits per heavy atom. The smallest absolute Gasteiger partial charge is 0.328 e. The normalized spacial score (nSPS) is 11.2. The Bertz CT molecular complexity index is 971. The van der Waals surface area contributed by atoms with Gasteiger partial charge in [0.25, 0.3) is 5.69 Å². The van der Waals surface area contributed by atoms with Crippen LogP contribution in [-0.4, -0.2) is 25.4 Å². The largest absolute Gasteiger partial charge is 0.478 e. The van der Waals surface area contributed by atoms with Gasteiger partial charge in [-0.05, 0) is 37.3 Å². The Balaban J connectivity index is 2.23. The first kappa shape index (κ1) is 15.4. The summed E-state index contributed by atoms with van der Waals surface area (Å²) in [6, 6.07) is 11.6. The average molecular weight is 323 g/mol. The number of imidazole rings is 1. The highest BCUT2D eigenvalue weighted by Crippen LogP contribution is 2.28.